The predicted octanol–water partition coefficient (Wildman–Crippen LogP) is 2.58. The number of rotatable bonds is 1. The van der Waals surface area contributed by atoms with Gasteiger partial charge < -0.3 is 0 Å². The normalized spacial score (nSPS) is 10.4. The van der Waals surface area contributed by atoms with E-state index in [1.807, 2.05) is 12.3 Å². The minimum atomic E-state index is 0.472. The van der Waals surface area contributed by atoms with Crippen molar-refractivity contribution in [2.75, 3.05) is 6.26 Å². The van der Waals surface area contributed by atoms with Crippen LogP contribution in [0.5, 0.6) is 0 Å². The van der Waals surface area contributed by atoms with E-state index in [0.717, 1.165) is 3.57 Å². The Labute approximate surface area is 112 Å². The summed E-state index contributed by atoms with van der Waals surface area (Å²) in [5.41, 5.74) is 1.06. The number of benzene rings is 1. The van der Waals surface area contributed by atoms with Crippen LogP contribution in [0.25, 0.3) is 0 Å². The molecule has 0 spiro atoms. The first-order valence-corrected chi connectivity index (χ1v) is 6.49. The molecule has 0 aliphatic carbocycles. The summed E-state index contributed by atoms with van der Waals surface area (Å²) in [6, 6.07) is 7.45. The van der Waals surface area contributed by atoms with Gasteiger partial charge in [-0.15, -0.1) is 0 Å². The van der Waals surface area contributed by atoms with E-state index in [0.29, 0.717) is 16.4 Å². The number of amidine groups is 1. The van der Waals surface area contributed by atoms with E-state index in [2.05, 4.69) is 39.0 Å². The Hall–Kier alpha value is -1.25. The maximum Gasteiger partial charge on any atom is 0.183 e. The molecule has 1 rings (SSSR count). The number of nitrogens with one attached hydrogen (secondary N) is 1. The van der Waals surface area contributed by atoms with Gasteiger partial charge in [-0.2, -0.15) is 10.5 Å². The predicted molar refractivity (Wildman–Crippen MR) is 73.2 cm³/mol. The van der Waals surface area contributed by atoms with Crippen molar-refractivity contribution in [2.24, 2.45) is 4.99 Å². The highest BCUT2D eigenvalue weighted by molar-refractivity contribution is 14.1. The van der Waals surface area contributed by atoms with Crippen molar-refractivity contribution in [2.45, 2.75) is 0 Å². The van der Waals surface area contributed by atoms with E-state index in [1.165, 1.54) is 11.8 Å². The van der Waals surface area contributed by atoms with Crippen molar-refractivity contribution in [3.63, 3.8) is 0 Å². The Kier molecular flexibility index (Phi) is 5.09. The molecule has 0 unspecified atom stereocenters. The second kappa shape index (κ2) is 6.36. The summed E-state index contributed by atoms with van der Waals surface area (Å²) in [6.07, 6.45) is 3.61. The first-order valence-electron chi connectivity index (χ1n) is 4.18. The van der Waals surface area contributed by atoms with Crippen molar-refractivity contribution in [1.82, 2.24) is 5.32 Å². The lowest BCUT2D eigenvalue weighted by Crippen LogP contribution is -2.12. The standard InChI is InChI=1S/C10H7IN4S/c1-16-10(14-6-13)15-9-3-2-8(11)4-7(9)5-12/h2-4H,1H3,(H,14,15). The third-order valence-electron chi connectivity index (χ3n) is 1.66. The number of halogens is 1. The summed E-state index contributed by atoms with van der Waals surface area (Å²) in [5, 5.41) is 20.4. The monoisotopic (exact) mass is 342 g/mol. The van der Waals surface area contributed by atoms with E-state index < -0.39 is 0 Å². The van der Waals surface area contributed by atoms with Crippen LogP contribution < -0.4 is 5.32 Å². The Bertz CT molecular complexity index is 499. The molecule has 80 valence electrons. The summed E-state index contributed by atoms with van der Waals surface area (Å²) >= 11 is 3.45. The third-order valence-corrected chi connectivity index (χ3v) is 2.91. The minimum Gasteiger partial charge on any atom is -0.271 e. The van der Waals surface area contributed by atoms with Gasteiger partial charge in [-0.05, 0) is 47.0 Å². The first kappa shape index (κ1) is 12.8. The molecular formula is C10H7IN4S. The molecule has 1 N–H and O–H groups in total. The molecule has 0 atom stereocenters. The Morgan fingerprint density at radius 2 is 2.25 bits per heavy atom. The summed E-state index contributed by atoms with van der Waals surface area (Å²) in [7, 11) is 0. The Balaban J connectivity index is 3.15. The molecule has 0 heterocycles. The fraction of sp³-hybridized carbons (Fsp3) is 0.100. The lowest BCUT2D eigenvalue weighted by atomic mass is 10.2. The molecule has 0 saturated heterocycles. The molecule has 0 amide bonds. The highest BCUT2D eigenvalue weighted by Gasteiger charge is 2.03. The zero-order valence-corrected chi connectivity index (χ0v) is 11.3. The highest BCUT2D eigenvalue weighted by atomic mass is 127. The molecule has 6 heteroatoms. The summed E-state index contributed by atoms with van der Waals surface area (Å²) in [6.45, 7) is 0. The van der Waals surface area contributed by atoms with Crippen molar-refractivity contribution in [3.05, 3.63) is 27.3 Å². The van der Waals surface area contributed by atoms with Crippen molar-refractivity contribution >= 4 is 45.2 Å². The van der Waals surface area contributed by atoms with Gasteiger partial charge in [-0.1, -0.05) is 11.8 Å². The molecule has 0 bridgehead atoms. The van der Waals surface area contributed by atoms with Gasteiger partial charge >= 0.3 is 0 Å². The molecule has 1 aromatic carbocycles. The second-order valence-electron chi connectivity index (χ2n) is 2.63. The topological polar surface area (TPSA) is 72.0 Å². The molecular weight excluding hydrogens is 335 g/mol. The van der Waals surface area contributed by atoms with Crippen LogP contribution in [0.2, 0.25) is 0 Å². The van der Waals surface area contributed by atoms with Crippen LogP contribution in [-0.4, -0.2) is 11.4 Å². The number of aliphatic imine (C=N–C) groups is 1. The molecule has 16 heavy (non-hydrogen) atoms. The number of nitrogens with zero attached hydrogens (tertiary/aromatic N) is 3. The second-order valence-corrected chi connectivity index (χ2v) is 4.67. The van der Waals surface area contributed by atoms with E-state index in [1.54, 1.807) is 18.3 Å². The van der Waals surface area contributed by atoms with Gasteiger partial charge in [-0.25, -0.2) is 4.99 Å². The quantitative estimate of drug-likeness (QED) is 0.280. The van der Waals surface area contributed by atoms with Gasteiger partial charge in [0.1, 0.15) is 6.07 Å². The highest BCUT2D eigenvalue weighted by Crippen LogP contribution is 2.21. The lowest BCUT2D eigenvalue weighted by Gasteiger charge is -2.01. The smallest absolute Gasteiger partial charge is 0.183 e. The molecule has 0 saturated carbocycles. The lowest BCUT2D eigenvalue weighted by molar-refractivity contribution is 1.27. The molecule has 4 nitrogen and oxygen atoms in total. The average Bonchev–Trinajstić information content (AvgIpc) is 2.30. The Morgan fingerprint density at radius 1 is 1.50 bits per heavy atom. The van der Waals surface area contributed by atoms with E-state index in [4.69, 9.17) is 10.5 Å². The molecule has 1 aromatic rings. The molecule has 0 aliphatic rings. The van der Waals surface area contributed by atoms with Gasteiger partial charge in [0.2, 0.25) is 0 Å². The van der Waals surface area contributed by atoms with Gasteiger partial charge in [-0.3, -0.25) is 5.32 Å². The maximum atomic E-state index is 8.94. The fourth-order valence-electron chi connectivity index (χ4n) is 0.977. The van der Waals surface area contributed by atoms with Crippen molar-refractivity contribution in [3.8, 4) is 12.3 Å². The van der Waals surface area contributed by atoms with Gasteiger partial charge in [0.15, 0.2) is 11.4 Å². The summed E-state index contributed by atoms with van der Waals surface area (Å²) in [4.78, 5) is 4.20. The number of nitriles is 2. The van der Waals surface area contributed by atoms with Crippen LogP contribution in [0.4, 0.5) is 5.69 Å². The van der Waals surface area contributed by atoms with Crippen LogP contribution in [0.3, 0.4) is 0 Å². The Morgan fingerprint density at radius 3 is 2.81 bits per heavy atom. The van der Waals surface area contributed by atoms with E-state index >= 15 is 0 Å². The van der Waals surface area contributed by atoms with E-state index in [9.17, 15) is 0 Å². The van der Waals surface area contributed by atoms with Gasteiger partial charge in [0.25, 0.3) is 0 Å². The third kappa shape index (κ3) is 3.40. The number of thioether (sulfide) groups is 1. The summed E-state index contributed by atoms with van der Waals surface area (Å²) in [5.74, 6) is 0. The number of hydrogen-bond donors (Lipinski definition) is 1. The van der Waals surface area contributed by atoms with Gasteiger partial charge in [0.05, 0.1) is 11.3 Å². The number of hydrogen-bond acceptors (Lipinski definition) is 4. The van der Waals surface area contributed by atoms with Gasteiger partial charge in [0, 0.05) is 3.57 Å². The van der Waals surface area contributed by atoms with Crippen LogP contribution in [0.15, 0.2) is 23.2 Å². The molecule has 0 fully saturated rings. The zero-order valence-electron chi connectivity index (χ0n) is 8.36. The molecule has 0 radical (unpaired) electrons. The molecule has 0 aromatic heterocycles. The fourth-order valence-corrected chi connectivity index (χ4v) is 1.81. The first-order chi connectivity index (χ1) is 7.71. The molecule has 0 aliphatic heterocycles. The van der Waals surface area contributed by atoms with E-state index in [-0.39, 0.29) is 0 Å². The summed E-state index contributed by atoms with van der Waals surface area (Å²) < 4.78 is 0.979. The van der Waals surface area contributed by atoms with Crippen LogP contribution >= 0.6 is 34.4 Å². The average molecular weight is 342 g/mol. The van der Waals surface area contributed by atoms with Crippen LogP contribution in [-0.2, 0) is 0 Å². The SMILES string of the molecule is CSC(=Nc1ccc(I)cc1C#N)NC#N. The zero-order chi connectivity index (χ0) is 12.0. The maximum absolute atomic E-state index is 8.94. The largest absolute Gasteiger partial charge is 0.271 e. The van der Waals surface area contributed by atoms with Crippen molar-refractivity contribution < 1.29 is 0 Å². The van der Waals surface area contributed by atoms with Crippen LogP contribution in [0.1, 0.15) is 5.56 Å². The van der Waals surface area contributed by atoms with Crippen molar-refractivity contribution in [1.29, 1.82) is 10.5 Å². The minimum absolute atomic E-state index is 0.472. The van der Waals surface area contributed by atoms with Crippen LogP contribution in [0, 0.1) is 26.4 Å².